The maximum atomic E-state index is 13.3. The Balaban J connectivity index is 1.44. The molecule has 0 bridgehead atoms. The molecule has 6 nitrogen and oxygen atoms in total. The van der Waals surface area contributed by atoms with Gasteiger partial charge in [-0.1, -0.05) is 11.6 Å². The first-order chi connectivity index (χ1) is 14.1. The van der Waals surface area contributed by atoms with Crippen LogP contribution in [0, 0.1) is 11.2 Å². The van der Waals surface area contributed by atoms with E-state index in [1.807, 2.05) is 30.3 Å². The van der Waals surface area contributed by atoms with Crippen LogP contribution in [0.3, 0.4) is 0 Å². The molecule has 148 valence electrons. The number of aldehydes is 1. The Morgan fingerprint density at radius 1 is 1.21 bits per heavy atom. The van der Waals surface area contributed by atoms with E-state index in [1.54, 1.807) is 28.8 Å². The van der Waals surface area contributed by atoms with Crippen molar-refractivity contribution in [3.8, 4) is 5.69 Å². The normalized spacial score (nSPS) is 21.4. The largest absolute Gasteiger partial charge is 0.302 e. The van der Waals surface area contributed by atoms with Crippen LogP contribution in [0.25, 0.3) is 5.69 Å². The molecule has 1 unspecified atom stereocenters. The van der Waals surface area contributed by atoms with E-state index in [-0.39, 0.29) is 5.82 Å². The van der Waals surface area contributed by atoms with Gasteiger partial charge >= 0.3 is 0 Å². The predicted octanol–water partition coefficient (Wildman–Crippen LogP) is 2.98. The number of aromatic nitrogens is 4. The minimum Gasteiger partial charge on any atom is -0.302 e. The van der Waals surface area contributed by atoms with E-state index in [0.717, 1.165) is 40.2 Å². The molecule has 0 spiro atoms. The van der Waals surface area contributed by atoms with Crippen LogP contribution < -0.4 is 0 Å². The second-order valence-electron chi connectivity index (χ2n) is 7.63. The standard InChI is InChI=1S/C21H20FN5OS/c1-25-12-19(11-23-25)29-26-7-6-16-8-20-15(9-21(16,13-26)14-28)10-24-27(20)18-4-2-17(22)3-5-18/h2-6,10-12,14H,7-9,13H2,1H3. The molecular weight excluding hydrogens is 389 g/mol. The zero-order valence-corrected chi connectivity index (χ0v) is 16.8. The Kier molecular flexibility index (Phi) is 4.40. The zero-order chi connectivity index (χ0) is 20.0. The molecule has 8 heteroatoms. The summed E-state index contributed by atoms with van der Waals surface area (Å²) in [5, 5.41) is 8.75. The summed E-state index contributed by atoms with van der Waals surface area (Å²) in [4.78, 5) is 13.3. The summed E-state index contributed by atoms with van der Waals surface area (Å²) in [6, 6.07) is 6.34. The molecule has 0 amide bonds. The molecule has 1 aromatic carbocycles. The van der Waals surface area contributed by atoms with E-state index in [1.165, 1.54) is 12.1 Å². The molecular formula is C21H20FN5OS. The Bertz CT molecular complexity index is 1100. The summed E-state index contributed by atoms with van der Waals surface area (Å²) >= 11 is 1.63. The molecule has 5 rings (SSSR count). The molecule has 1 aliphatic heterocycles. The molecule has 1 atom stereocenters. The number of nitrogens with zero attached hydrogens (tertiary/aromatic N) is 5. The van der Waals surface area contributed by atoms with E-state index in [4.69, 9.17) is 0 Å². The monoisotopic (exact) mass is 409 g/mol. The van der Waals surface area contributed by atoms with E-state index in [0.29, 0.717) is 19.4 Å². The van der Waals surface area contributed by atoms with Crippen molar-refractivity contribution in [1.29, 1.82) is 0 Å². The van der Waals surface area contributed by atoms with Gasteiger partial charge in [-0.3, -0.25) is 4.68 Å². The molecule has 29 heavy (non-hydrogen) atoms. The molecule has 3 aromatic rings. The second-order valence-corrected chi connectivity index (χ2v) is 8.80. The average molecular weight is 409 g/mol. The summed E-state index contributed by atoms with van der Waals surface area (Å²) in [5.74, 6) is -0.268. The maximum Gasteiger partial charge on any atom is 0.131 e. The lowest BCUT2D eigenvalue weighted by atomic mass is 9.69. The topological polar surface area (TPSA) is 56.0 Å². The van der Waals surface area contributed by atoms with Crippen molar-refractivity contribution in [2.75, 3.05) is 13.1 Å². The molecule has 2 aromatic heterocycles. The van der Waals surface area contributed by atoms with Crippen LogP contribution in [0.2, 0.25) is 0 Å². The predicted molar refractivity (Wildman–Crippen MR) is 108 cm³/mol. The van der Waals surface area contributed by atoms with E-state index < -0.39 is 5.41 Å². The van der Waals surface area contributed by atoms with Crippen LogP contribution in [-0.2, 0) is 24.7 Å². The first-order valence-corrected chi connectivity index (χ1v) is 10.2. The van der Waals surface area contributed by atoms with Crippen LogP contribution in [0.4, 0.5) is 4.39 Å². The fourth-order valence-electron chi connectivity index (χ4n) is 4.20. The molecule has 0 N–H and O–H groups in total. The van der Waals surface area contributed by atoms with Crippen molar-refractivity contribution < 1.29 is 9.18 Å². The number of rotatable bonds is 4. The van der Waals surface area contributed by atoms with Crippen LogP contribution >= 0.6 is 11.9 Å². The Hall–Kier alpha value is -2.71. The number of aryl methyl sites for hydroxylation is 1. The molecule has 2 aliphatic rings. The number of hydrogen-bond donors (Lipinski definition) is 0. The quantitative estimate of drug-likeness (QED) is 0.377. The lowest BCUT2D eigenvalue weighted by Crippen LogP contribution is -2.45. The third-order valence-electron chi connectivity index (χ3n) is 5.67. The number of fused-ring (bicyclic) bond motifs is 2. The van der Waals surface area contributed by atoms with Crippen molar-refractivity contribution in [3.05, 3.63) is 71.6 Å². The summed E-state index contributed by atoms with van der Waals surface area (Å²) < 4.78 is 19.1. The second kappa shape index (κ2) is 6.96. The van der Waals surface area contributed by atoms with Crippen molar-refractivity contribution in [3.63, 3.8) is 0 Å². The highest BCUT2D eigenvalue weighted by atomic mass is 32.2. The van der Waals surface area contributed by atoms with Crippen molar-refractivity contribution in [2.45, 2.75) is 17.7 Å². The molecule has 3 heterocycles. The number of carbonyl (C=O) groups is 1. The van der Waals surface area contributed by atoms with E-state index in [2.05, 4.69) is 20.6 Å². The minimum atomic E-state index is -0.531. The van der Waals surface area contributed by atoms with Crippen LogP contribution in [0.5, 0.6) is 0 Å². The highest BCUT2D eigenvalue weighted by molar-refractivity contribution is 7.97. The van der Waals surface area contributed by atoms with Gasteiger partial charge in [0.25, 0.3) is 0 Å². The number of benzene rings is 1. The lowest BCUT2D eigenvalue weighted by Gasteiger charge is -2.41. The maximum absolute atomic E-state index is 13.3. The number of carbonyl (C=O) groups excluding carboxylic acids is 1. The van der Waals surface area contributed by atoms with Gasteiger partial charge in [-0.25, -0.2) is 13.4 Å². The highest BCUT2D eigenvalue weighted by Gasteiger charge is 2.43. The van der Waals surface area contributed by atoms with Gasteiger partial charge in [0.2, 0.25) is 0 Å². The highest BCUT2D eigenvalue weighted by Crippen LogP contribution is 2.43. The van der Waals surface area contributed by atoms with Crippen LogP contribution in [0.15, 0.2) is 59.4 Å². The van der Waals surface area contributed by atoms with Gasteiger partial charge in [0, 0.05) is 32.8 Å². The average Bonchev–Trinajstić information content (AvgIpc) is 3.32. The Morgan fingerprint density at radius 2 is 2.03 bits per heavy atom. The minimum absolute atomic E-state index is 0.268. The fourth-order valence-corrected chi connectivity index (χ4v) is 5.24. The van der Waals surface area contributed by atoms with Crippen molar-refractivity contribution >= 4 is 18.2 Å². The lowest BCUT2D eigenvalue weighted by molar-refractivity contribution is -0.115. The summed E-state index contributed by atoms with van der Waals surface area (Å²) in [6.45, 7) is 1.42. The first-order valence-electron chi connectivity index (χ1n) is 9.45. The van der Waals surface area contributed by atoms with E-state index >= 15 is 0 Å². The summed E-state index contributed by atoms with van der Waals surface area (Å²) in [7, 11) is 1.90. The summed E-state index contributed by atoms with van der Waals surface area (Å²) in [6.07, 6.45) is 10.2. The fraction of sp³-hybridized carbons (Fsp3) is 0.286. The van der Waals surface area contributed by atoms with Gasteiger partial charge in [-0.2, -0.15) is 10.2 Å². The molecule has 0 saturated heterocycles. The Morgan fingerprint density at radius 3 is 2.76 bits per heavy atom. The first kappa shape index (κ1) is 18.3. The van der Waals surface area contributed by atoms with Crippen molar-refractivity contribution in [2.24, 2.45) is 12.5 Å². The third kappa shape index (κ3) is 3.22. The molecule has 0 radical (unpaired) electrons. The smallest absolute Gasteiger partial charge is 0.131 e. The summed E-state index contributed by atoms with van der Waals surface area (Å²) in [5.41, 5.74) is 3.60. The van der Waals surface area contributed by atoms with Gasteiger partial charge < -0.3 is 4.79 Å². The molecule has 1 aliphatic carbocycles. The number of hydrogen-bond acceptors (Lipinski definition) is 5. The molecule has 0 saturated carbocycles. The van der Waals surface area contributed by atoms with E-state index in [9.17, 15) is 9.18 Å². The van der Waals surface area contributed by atoms with Gasteiger partial charge in [-0.15, -0.1) is 0 Å². The van der Waals surface area contributed by atoms with Crippen molar-refractivity contribution in [1.82, 2.24) is 23.9 Å². The number of halogens is 1. The molecule has 0 fully saturated rings. The van der Waals surface area contributed by atoms with Gasteiger partial charge in [0.05, 0.1) is 34.1 Å². The zero-order valence-electron chi connectivity index (χ0n) is 16.0. The van der Waals surface area contributed by atoms with Gasteiger partial charge in [0.15, 0.2) is 0 Å². The SMILES string of the molecule is Cn1cc(SN2CC=C3Cc4c(cnn4-c4ccc(F)cc4)CC3(C=O)C2)cn1. The van der Waals surface area contributed by atoms with Gasteiger partial charge in [-0.05, 0) is 48.2 Å². The third-order valence-corrected chi connectivity index (χ3v) is 6.63. The van der Waals surface area contributed by atoms with Crippen LogP contribution in [0.1, 0.15) is 11.3 Å². The Labute approximate surface area is 172 Å². The van der Waals surface area contributed by atoms with Gasteiger partial charge in [0.1, 0.15) is 12.1 Å². The van der Waals surface area contributed by atoms with Crippen LogP contribution in [-0.4, -0.2) is 43.2 Å².